The van der Waals surface area contributed by atoms with Crippen LogP contribution in [0.2, 0.25) is 0 Å². The van der Waals surface area contributed by atoms with Gasteiger partial charge in [0.1, 0.15) is 18.0 Å². The van der Waals surface area contributed by atoms with Gasteiger partial charge >= 0.3 is 0 Å². The van der Waals surface area contributed by atoms with Crippen LogP contribution in [-0.2, 0) is 4.74 Å². The molecule has 1 aromatic heterocycles. The summed E-state index contributed by atoms with van der Waals surface area (Å²) in [5, 5.41) is 3.23. The first-order valence-electron chi connectivity index (χ1n) is 5.38. The van der Waals surface area contributed by atoms with Crippen molar-refractivity contribution >= 4 is 11.6 Å². The second-order valence-electron chi connectivity index (χ2n) is 4.19. The molecule has 1 aromatic rings. The van der Waals surface area contributed by atoms with Crippen LogP contribution in [0, 0.1) is 0 Å². The first kappa shape index (κ1) is 11.1. The van der Waals surface area contributed by atoms with E-state index in [9.17, 15) is 0 Å². The van der Waals surface area contributed by atoms with E-state index in [1.54, 1.807) is 6.07 Å². The highest BCUT2D eigenvalue weighted by Crippen LogP contribution is 2.25. The smallest absolute Gasteiger partial charge is 0.145 e. The summed E-state index contributed by atoms with van der Waals surface area (Å²) in [4.78, 5) is 8.04. The lowest BCUT2D eigenvalue weighted by Crippen LogP contribution is -2.32. The van der Waals surface area contributed by atoms with E-state index in [2.05, 4.69) is 27.6 Å². The van der Waals surface area contributed by atoms with Crippen LogP contribution in [-0.4, -0.2) is 28.7 Å². The summed E-state index contributed by atoms with van der Waals surface area (Å²) in [7, 11) is 0. The van der Waals surface area contributed by atoms with Crippen molar-refractivity contribution in [3.8, 4) is 0 Å². The van der Waals surface area contributed by atoms with Gasteiger partial charge in [-0.1, -0.05) is 0 Å². The van der Waals surface area contributed by atoms with Gasteiger partial charge in [-0.2, -0.15) is 0 Å². The molecule has 88 valence electrons. The molecule has 2 heterocycles. The summed E-state index contributed by atoms with van der Waals surface area (Å²) in [5.74, 6) is 6.61. The highest BCUT2D eigenvalue weighted by molar-refractivity contribution is 5.45. The number of hydrogen-bond acceptors (Lipinski definition) is 6. The van der Waals surface area contributed by atoms with E-state index in [1.807, 2.05) is 0 Å². The fourth-order valence-electron chi connectivity index (χ4n) is 1.79. The van der Waals surface area contributed by atoms with Gasteiger partial charge in [-0.3, -0.25) is 0 Å². The van der Waals surface area contributed by atoms with E-state index >= 15 is 0 Å². The van der Waals surface area contributed by atoms with E-state index < -0.39 is 0 Å². The molecule has 0 bridgehead atoms. The molecule has 0 saturated carbocycles. The number of aromatic nitrogens is 2. The Balaban J connectivity index is 1.93. The number of rotatable bonds is 4. The molecule has 1 saturated heterocycles. The number of nitrogens with one attached hydrogen (secondary N) is 2. The number of nitrogens with two attached hydrogens (primary N) is 1. The topological polar surface area (TPSA) is 85.1 Å². The van der Waals surface area contributed by atoms with Crippen molar-refractivity contribution in [3.05, 3.63) is 12.4 Å². The molecule has 0 radical (unpaired) electrons. The Labute approximate surface area is 94.6 Å². The molecule has 0 aliphatic carbocycles. The molecule has 4 N–H and O–H groups in total. The fraction of sp³-hybridized carbons (Fsp3) is 0.600. The predicted molar refractivity (Wildman–Crippen MR) is 61.9 cm³/mol. The third-order valence-electron chi connectivity index (χ3n) is 2.76. The van der Waals surface area contributed by atoms with E-state index in [4.69, 9.17) is 10.6 Å². The number of anilines is 2. The molecule has 1 unspecified atom stereocenters. The average Bonchev–Trinajstić information content (AvgIpc) is 2.75. The van der Waals surface area contributed by atoms with Crippen molar-refractivity contribution in [3.63, 3.8) is 0 Å². The minimum Gasteiger partial charge on any atom is -0.373 e. The Kier molecular flexibility index (Phi) is 3.21. The van der Waals surface area contributed by atoms with Crippen LogP contribution in [0.4, 0.5) is 11.6 Å². The van der Waals surface area contributed by atoms with Crippen LogP contribution in [0.1, 0.15) is 19.8 Å². The first-order chi connectivity index (χ1) is 7.72. The lowest BCUT2D eigenvalue weighted by Gasteiger charge is -2.23. The lowest BCUT2D eigenvalue weighted by molar-refractivity contribution is 0.0315. The Morgan fingerprint density at radius 2 is 2.31 bits per heavy atom. The zero-order valence-electron chi connectivity index (χ0n) is 9.36. The Morgan fingerprint density at radius 1 is 1.50 bits per heavy atom. The van der Waals surface area contributed by atoms with Crippen LogP contribution in [0.3, 0.4) is 0 Å². The molecule has 1 atom stereocenters. The van der Waals surface area contributed by atoms with Gasteiger partial charge in [0.2, 0.25) is 0 Å². The molecule has 1 fully saturated rings. The van der Waals surface area contributed by atoms with Gasteiger partial charge < -0.3 is 15.5 Å². The van der Waals surface area contributed by atoms with Crippen molar-refractivity contribution in [2.75, 3.05) is 23.9 Å². The number of ether oxygens (including phenoxy) is 1. The van der Waals surface area contributed by atoms with Gasteiger partial charge in [-0.25, -0.2) is 15.8 Å². The second kappa shape index (κ2) is 4.63. The monoisotopic (exact) mass is 223 g/mol. The summed E-state index contributed by atoms with van der Waals surface area (Å²) in [6.45, 7) is 3.70. The van der Waals surface area contributed by atoms with E-state index in [1.165, 1.54) is 6.33 Å². The van der Waals surface area contributed by atoms with Gasteiger partial charge in [0.25, 0.3) is 0 Å². The quantitative estimate of drug-likeness (QED) is 0.516. The first-order valence-corrected chi connectivity index (χ1v) is 5.38. The maximum Gasteiger partial charge on any atom is 0.145 e. The maximum atomic E-state index is 5.67. The van der Waals surface area contributed by atoms with E-state index in [0.29, 0.717) is 5.82 Å². The van der Waals surface area contributed by atoms with Gasteiger partial charge in [0.15, 0.2) is 0 Å². The number of hydrazine groups is 1. The highest BCUT2D eigenvalue weighted by Gasteiger charge is 2.29. The Morgan fingerprint density at radius 3 is 3.00 bits per heavy atom. The highest BCUT2D eigenvalue weighted by atomic mass is 16.5. The largest absolute Gasteiger partial charge is 0.373 e. The minimum absolute atomic E-state index is 0.0821. The summed E-state index contributed by atoms with van der Waals surface area (Å²) in [6.07, 6.45) is 3.67. The van der Waals surface area contributed by atoms with Crippen molar-refractivity contribution in [1.29, 1.82) is 0 Å². The average molecular weight is 223 g/mol. The molecule has 16 heavy (non-hydrogen) atoms. The Bertz CT molecular complexity index is 351. The predicted octanol–water partition coefficient (Wildman–Crippen LogP) is 0.743. The minimum atomic E-state index is -0.0821. The normalized spacial score (nSPS) is 24.4. The van der Waals surface area contributed by atoms with Crippen molar-refractivity contribution in [1.82, 2.24) is 9.97 Å². The van der Waals surface area contributed by atoms with Crippen molar-refractivity contribution in [2.45, 2.75) is 25.4 Å². The van der Waals surface area contributed by atoms with Crippen LogP contribution in [0.25, 0.3) is 0 Å². The van der Waals surface area contributed by atoms with Crippen LogP contribution >= 0.6 is 0 Å². The standard InChI is InChI=1S/C10H17N5O/c1-10(3-2-4-16-10)6-12-8-5-9(15-11)14-7-13-8/h5,7H,2-4,6,11H2,1H3,(H2,12,13,14,15). The maximum absolute atomic E-state index is 5.67. The number of nitrogens with zero attached hydrogens (tertiary/aromatic N) is 2. The third-order valence-corrected chi connectivity index (χ3v) is 2.76. The molecule has 1 aliphatic heterocycles. The summed E-state index contributed by atoms with van der Waals surface area (Å²) >= 11 is 0. The van der Waals surface area contributed by atoms with Gasteiger partial charge in [0.05, 0.1) is 5.60 Å². The fourth-order valence-corrected chi connectivity index (χ4v) is 1.79. The van der Waals surface area contributed by atoms with Crippen LogP contribution < -0.4 is 16.6 Å². The zero-order valence-corrected chi connectivity index (χ0v) is 9.36. The molecule has 0 spiro atoms. The molecule has 2 rings (SSSR count). The van der Waals surface area contributed by atoms with Crippen LogP contribution in [0.15, 0.2) is 12.4 Å². The van der Waals surface area contributed by atoms with E-state index in [-0.39, 0.29) is 5.60 Å². The molecule has 0 amide bonds. The van der Waals surface area contributed by atoms with Crippen molar-refractivity contribution in [2.24, 2.45) is 5.84 Å². The van der Waals surface area contributed by atoms with Gasteiger partial charge in [-0.05, 0) is 19.8 Å². The number of hydrogen-bond donors (Lipinski definition) is 3. The molecule has 0 aromatic carbocycles. The molecular weight excluding hydrogens is 206 g/mol. The second-order valence-corrected chi connectivity index (χ2v) is 4.19. The third kappa shape index (κ3) is 2.59. The van der Waals surface area contributed by atoms with Crippen LogP contribution in [0.5, 0.6) is 0 Å². The molecule has 6 heteroatoms. The Hall–Kier alpha value is -1.40. The molecule has 1 aliphatic rings. The number of nitrogen functional groups attached to an aromatic ring is 1. The van der Waals surface area contributed by atoms with Gasteiger partial charge in [0, 0.05) is 19.2 Å². The van der Waals surface area contributed by atoms with Gasteiger partial charge in [-0.15, -0.1) is 0 Å². The summed E-state index contributed by atoms with van der Waals surface area (Å²) in [5.41, 5.74) is 2.40. The van der Waals surface area contributed by atoms with Crippen molar-refractivity contribution < 1.29 is 4.74 Å². The molecular formula is C10H17N5O. The summed E-state index contributed by atoms with van der Waals surface area (Å²) < 4.78 is 5.67. The SMILES string of the molecule is CC1(CNc2cc(NN)ncn2)CCCO1. The summed E-state index contributed by atoms with van der Waals surface area (Å²) in [6, 6.07) is 1.76. The molecule has 6 nitrogen and oxygen atoms in total. The van der Waals surface area contributed by atoms with E-state index in [0.717, 1.165) is 31.8 Å². The lowest BCUT2D eigenvalue weighted by atomic mass is 10.0. The zero-order chi connectivity index (χ0) is 11.4.